The van der Waals surface area contributed by atoms with E-state index in [1.165, 1.54) is 0 Å². The first-order valence-electron chi connectivity index (χ1n) is 6.54. The minimum atomic E-state index is -4.41. The molecular formula is C12H21F2NO2S. The predicted molar refractivity (Wildman–Crippen MR) is 65.7 cm³/mol. The highest BCUT2D eigenvalue weighted by Crippen LogP contribution is 2.50. The third-order valence-electron chi connectivity index (χ3n) is 4.59. The highest BCUT2D eigenvalue weighted by Gasteiger charge is 2.48. The van der Waals surface area contributed by atoms with Gasteiger partial charge in [-0.15, -0.1) is 0 Å². The van der Waals surface area contributed by atoms with E-state index in [0.29, 0.717) is 12.5 Å². The van der Waals surface area contributed by atoms with E-state index in [2.05, 4.69) is 0 Å². The zero-order valence-electron chi connectivity index (χ0n) is 10.9. The maximum absolute atomic E-state index is 12.7. The fourth-order valence-corrected chi connectivity index (χ4v) is 4.26. The van der Waals surface area contributed by atoms with Gasteiger partial charge in [-0.05, 0) is 36.5 Å². The Hall–Kier alpha value is -0.230. The van der Waals surface area contributed by atoms with E-state index in [1.807, 2.05) is 13.8 Å². The molecule has 0 aromatic carbocycles. The summed E-state index contributed by atoms with van der Waals surface area (Å²) in [6.07, 6.45) is 4.03. The summed E-state index contributed by atoms with van der Waals surface area (Å²) < 4.78 is 49.7. The maximum atomic E-state index is 12.7. The molecule has 106 valence electrons. The van der Waals surface area contributed by atoms with Crippen LogP contribution in [0, 0.1) is 17.3 Å². The van der Waals surface area contributed by atoms with Crippen LogP contribution in [0.1, 0.15) is 39.5 Å². The summed E-state index contributed by atoms with van der Waals surface area (Å²) in [5.41, 5.74) is -0.0187. The second-order valence-corrected chi connectivity index (χ2v) is 8.06. The minimum absolute atomic E-state index is 0.0187. The first-order valence-corrected chi connectivity index (χ1v) is 8.04. The normalized spacial score (nSPS) is 28.9. The summed E-state index contributed by atoms with van der Waals surface area (Å²) in [5.74, 6) is -2.76. The van der Waals surface area contributed by atoms with Gasteiger partial charge in [-0.3, -0.25) is 0 Å². The van der Waals surface area contributed by atoms with Crippen molar-refractivity contribution in [3.8, 4) is 0 Å². The van der Waals surface area contributed by atoms with Crippen LogP contribution < -0.4 is 0 Å². The van der Waals surface area contributed by atoms with Gasteiger partial charge in [0.25, 0.3) is 10.0 Å². The molecule has 0 N–H and O–H groups in total. The SMILES string of the molecule is CC(C)C1CN(S(=O)(=O)C(F)F)CC2(CCC2)C1. The number of halogens is 2. The Morgan fingerprint density at radius 2 is 1.89 bits per heavy atom. The van der Waals surface area contributed by atoms with Gasteiger partial charge in [0.05, 0.1) is 0 Å². The zero-order valence-corrected chi connectivity index (χ0v) is 11.7. The molecule has 1 aliphatic carbocycles. The van der Waals surface area contributed by atoms with Crippen molar-refractivity contribution < 1.29 is 17.2 Å². The zero-order chi connectivity index (χ0) is 13.6. The molecule has 0 bridgehead atoms. The van der Waals surface area contributed by atoms with Crippen LogP contribution in [-0.4, -0.2) is 31.6 Å². The van der Waals surface area contributed by atoms with E-state index >= 15 is 0 Å². The van der Waals surface area contributed by atoms with Gasteiger partial charge in [0.2, 0.25) is 0 Å². The summed E-state index contributed by atoms with van der Waals surface area (Å²) in [4.78, 5) is 0. The average molecular weight is 281 g/mol. The Balaban J connectivity index is 2.21. The van der Waals surface area contributed by atoms with E-state index < -0.39 is 15.8 Å². The smallest absolute Gasteiger partial charge is 0.206 e. The van der Waals surface area contributed by atoms with Crippen molar-refractivity contribution in [3.05, 3.63) is 0 Å². The van der Waals surface area contributed by atoms with Gasteiger partial charge in [-0.2, -0.15) is 13.1 Å². The fraction of sp³-hybridized carbons (Fsp3) is 1.00. The van der Waals surface area contributed by atoms with Gasteiger partial charge in [0.1, 0.15) is 0 Å². The first kappa shape index (κ1) is 14.2. The molecule has 2 rings (SSSR count). The molecule has 2 aliphatic rings. The van der Waals surface area contributed by atoms with Gasteiger partial charge < -0.3 is 0 Å². The average Bonchev–Trinajstić information content (AvgIpc) is 2.26. The Kier molecular flexibility index (Phi) is 3.71. The van der Waals surface area contributed by atoms with E-state index in [9.17, 15) is 17.2 Å². The van der Waals surface area contributed by atoms with Crippen molar-refractivity contribution in [1.82, 2.24) is 4.31 Å². The predicted octanol–water partition coefficient (Wildman–Crippen LogP) is 2.69. The highest BCUT2D eigenvalue weighted by atomic mass is 32.2. The van der Waals surface area contributed by atoms with Crippen LogP contribution in [-0.2, 0) is 10.0 Å². The third-order valence-corrected chi connectivity index (χ3v) is 6.04. The van der Waals surface area contributed by atoms with Gasteiger partial charge >= 0.3 is 5.76 Å². The van der Waals surface area contributed by atoms with E-state index in [-0.39, 0.29) is 17.9 Å². The fourth-order valence-electron chi connectivity index (χ4n) is 3.18. The molecule has 1 spiro atoms. The number of hydrogen-bond donors (Lipinski definition) is 0. The molecule has 0 aromatic rings. The molecule has 1 atom stereocenters. The molecule has 1 heterocycles. The van der Waals surface area contributed by atoms with Gasteiger partial charge in [0.15, 0.2) is 0 Å². The van der Waals surface area contributed by atoms with Crippen LogP contribution >= 0.6 is 0 Å². The summed E-state index contributed by atoms with van der Waals surface area (Å²) in [6.45, 7) is 4.63. The largest absolute Gasteiger partial charge is 0.350 e. The molecule has 18 heavy (non-hydrogen) atoms. The van der Waals surface area contributed by atoms with Gasteiger partial charge in [0, 0.05) is 13.1 Å². The van der Waals surface area contributed by atoms with Crippen LogP contribution in [0.25, 0.3) is 0 Å². The van der Waals surface area contributed by atoms with Crippen molar-refractivity contribution in [2.75, 3.05) is 13.1 Å². The Bertz CT molecular complexity index is 404. The lowest BCUT2D eigenvalue weighted by Crippen LogP contribution is -2.54. The number of rotatable bonds is 3. The topological polar surface area (TPSA) is 37.4 Å². The number of hydrogen-bond acceptors (Lipinski definition) is 2. The first-order chi connectivity index (χ1) is 8.27. The molecule has 3 nitrogen and oxygen atoms in total. The number of sulfonamides is 1. The molecule has 2 fully saturated rings. The van der Waals surface area contributed by atoms with Crippen LogP contribution in [0.4, 0.5) is 8.78 Å². The molecule has 0 aromatic heterocycles. The van der Waals surface area contributed by atoms with Crippen molar-refractivity contribution in [2.24, 2.45) is 17.3 Å². The Labute approximate surface area is 108 Å². The lowest BCUT2D eigenvalue weighted by atomic mass is 9.61. The molecule has 1 saturated heterocycles. The monoisotopic (exact) mass is 281 g/mol. The third kappa shape index (κ3) is 2.41. The quantitative estimate of drug-likeness (QED) is 0.797. The van der Waals surface area contributed by atoms with Crippen LogP contribution in [0.5, 0.6) is 0 Å². The Morgan fingerprint density at radius 3 is 2.28 bits per heavy atom. The molecule has 6 heteroatoms. The minimum Gasteiger partial charge on any atom is -0.206 e. The van der Waals surface area contributed by atoms with Crippen LogP contribution in [0.2, 0.25) is 0 Å². The molecule has 1 unspecified atom stereocenters. The van der Waals surface area contributed by atoms with Crippen LogP contribution in [0.15, 0.2) is 0 Å². The van der Waals surface area contributed by atoms with E-state index in [0.717, 1.165) is 30.0 Å². The molecular weight excluding hydrogens is 260 g/mol. The molecule has 0 amide bonds. The summed E-state index contributed by atoms with van der Waals surface area (Å²) in [7, 11) is -4.41. The lowest BCUT2D eigenvalue weighted by molar-refractivity contribution is 0.00852. The molecule has 0 radical (unpaired) electrons. The summed E-state index contributed by atoms with van der Waals surface area (Å²) in [5, 5.41) is 0. The van der Waals surface area contributed by atoms with E-state index in [4.69, 9.17) is 0 Å². The van der Waals surface area contributed by atoms with Crippen molar-refractivity contribution in [1.29, 1.82) is 0 Å². The number of nitrogens with zero attached hydrogens (tertiary/aromatic N) is 1. The number of alkyl halides is 2. The lowest BCUT2D eigenvalue weighted by Gasteiger charge is -2.51. The molecule has 1 aliphatic heterocycles. The van der Waals surface area contributed by atoms with Gasteiger partial charge in [-0.25, -0.2) is 8.42 Å². The van der Waals surface area contributed by atoms with Crippen molar-refractivity contribution >= 4 is 10.0 Å². The second kappa shape index (κ2) is 4.71. The Morgan fingerprint density at radius 1 is 1.28 bits per heavy atom. The molecule has 1 saturated carbocycles. The van der Waals surface area contributed by atoms with Gasteiger partial charge in [-0.1, -0.05) is 20.3 Å². The maximum Gasteiger partial charge on any atom is 0.350 e. The van der Waals surface area contributed by atoms with Crippen molar-refractivity contribution in [3.63, 3.8) is 0 Å². The second-order valence-electron chi connectivity index (χ2n) is 6.16. The number of piperidine rings is 1. The van der Waals surface area contributed by atoms with E-state index in [1.54, 1.807) is 0 Å². The summed E-state index contributed by atoms with van der Waals surface area (Å²) >= 11 is 0. The van der Waals surface area contributed by atoms with Crippen molar-refractivity contribution in [2.45, 2.75) is 45.3 Å². The van der Waals surface area contributed by atoms with Crippen LogP contribution in [0.3, 0.4) is 0 Å². The summed E-state index contributed by atoms with van der Waals surface area (Å²) in [6, 6.07) is 0. The standard InChI is InChI=1S/C12H21F2NO2S/c1-9(2)10-6-12(4-3-5-12)8-15(7-10)18(16,17)11(13)14/h9-11H,3-8H2,1-2H3. The highest BCUT2D eigenvalue weighted by molar-refractivity contribution is 7.89.